The molecule has 92 valence electrons. The molecule has 1 aromatic carbocycles. The molecular weight excluding hydrogens is 255 g/mol. The first-order valence-corrected chi connectivity index (χ1v) is 5.70. The summed E-state index contributed by atoms with van der Waals surface area (Å²) in [4.78, 5) is 0. The molecule has 0 spiro atoms. The lowest BCUT2D eigenvalue weighted by molar-refractivity contribution is 0.474. The molecule has 18 heavy (non-hydrogen) atoms. The molecule has 0 unspecified atom stereocenters. The maximum atomic E-state index is 12.9. The third kappa shape index (κ3) is 3.10. The van der Waals surface area contributed by atoms with Gasteiger partial charge in [-0.3, -0.25) is 0 Å². The molecule has 0 aliphatic carbocycles. The van der Waals surface area contributed by atoms with Gasteiger partial charge in [-0.05, 0) is 29.8 Å². The van der Waals surface area contributed by atoms with E-state index in [9.17, 15) is 4.39 Å². The van der Waals surface area contributed by atoms with Gasteiger partial charge in [0.2, 0.25) is 5.76 Å². The topological polar surface area (TPSA) is 49.0 Å². The van der Waals surface area contributed by atoms with Gasteiger partial charge in [0.1, 0.15) is 17.6 Å². The van der Waals surface area contributed by atoms with Crippen molar-refractivity contribution < 1.29 is 8.81 Å². The standard InChI is InChI=1S/C13H10ClFN2O/c14-12-5-9(1-4-13(12)15)7-17-8-11-3-2-10(6-16)18-11/h1-5,17H,7-8H2. The van der Waals surface area contributed by atoms with Crippen LogP contribution in [0.25, 0.3) is 0 Å². The molecule has 0 aliphatic rings. The Bertz CT molecular complexity index is 589. The Morgan fingerprint density at radius 2 is 2.11 bits per heavy atom. The van der Waals surface area contributed by atoms with Crippen LogP contribution >= 0.6 is 11.6 Å². The van der Waals surface area contributed by atoms with Crippen LogP contribution in [0.2, 0.25) is 5.02 Å². The minimum Gasteiger partial charge on any atom is -0.449 e. The summed E-state index contributed by atoms with van der Waals surface area (Å²) >= 11 is 5.67. The Morgan fingerprint density at radius 3 is 2.78 bits per heavy atom. The molecule has 2 rings (SSSR count). The zero-order chi connectivity index (χ0) is 13.0. The van der Waals surface area contributed by atoms with Gasteiger partial charge in [-0.2, -0.15) is 5.26 Å². The van der Waals surface area contributed by atoms with E-state index in [0.717, 1.165) is 5.56 Å². The summed E-state index contributed by atoms with van der Waals surface area (Å²) in [7, 11) is 0. The predicted octanol–water partition coefficient (Wildman–Crippen LogP) is 3.23. The van der Waals surface area contributed by atoms with Crippen LogP contribution in [0.5, 0.6) is 0 Å². The number of nitrogens with one attached hydrogen (secondary N) is 1. The van der Waals surface area contributed by atoms with Crippen LogP contribution in [0, 0.1) is 17.1 Å². The van der Waals surface area contributed by atoms with Gasteiger partial charge in [0.05, 0.1) is 11.6 Å². The molecule has 3 nitrogen and oxygen atoms in total. The normalized spacial score (nSPS) is 10.3. The van der Waals surface area contributed by atoms with Crippen molar-refractivity contribution in [1.29, 1.82) is 5.26 Å². The summed E-state index contributed by atoms with van der Waals surface area (Å²) in [5, 5.41) is 11.8. The third-order valence-corrected chi connectivity index (χ3v) is 2.67. The first-order valence-electron chi connectivity index (χ1n) is 5.32. The summed E-state index contributed by atoms with van der Waals surface area (Å²) < 4.78 is 18.1. The molecule has 1 N–H and O–H groups in total. The Hall–Kier alpha value is -1.83. The number of benzene rings is 1. The van der Waals surface area contributed by atoms with Crippen molar-refractivity contribution in [2.75, 3.05) is 0 Å². The summed E-state index contributed by atoms with van der Waals surface area (Å²) in [6.07, 6.45) is 0. The van der Waals surface area contributed by atoms with Crippen LogP contribution in [-0.4, -0.2) is 0 Å². The van der Waals surface area contributed by atoms with E-state index in [1.165, 1.54) is 6.07 Å². The lowest BCUT2D eigenvalue weighted by atomic mass is 10.2. The van der Waals surface area contributed by atoms with E-state index in [1.54, 1.807) is 24.3 Å². The summed E-state index contributed by atoms with van der Waals surface area (Å²) in [5.41, 5.74) is 0.883. The number of rotatable bonds is 4. The fourth-order valence-electron chi connectivity index (χ4n) is 1.51. The van der Waals surface area contributed by atoms with Crippen molar-refractivity contribution in [2.24, 2.45) is 0 Å². The molecule has 0 atom stereocenters. The first-order chi connectivity index (χ1) is 8.69. The number of nitriles is 1. The van der Waals surface area contributed by atoms with Gasteiger partial charge in [0, 0.05) is 6.54 Å². The van der Waals surface area contributed by atoms with Crippen molar-refractivity contribution in [3.63, 3.8) is 0 Å². The smallest absolute Gasteiger partial charge is 0.203 e. The quantitative estimate of drug-likeness (QED) is 0.922. The van der Waals surface area contributed by atoms with Gasteiger partial charge in [0.25, 0.3) is 0 Å². The molecule has 0 radical (unpaired) electrons. The fourth-order valence-corrected chi connectivity index (χ4v) is 1.72. The van der Waals surface area contributed by atoms with Crippen molar-refractivity contribution in [3.05, 3.63) is 58.3 Å². The average molecular weight is 265 g/mol. The van der Waals surface area contributed by atoms with Gasteiger partial charge < -0.3 is 9.73 Å². The average Bonchev–Trinajstić information content (AvgIpc) is 2.82. The first kappa shape index (κ1) is 12.6. The van der Waals surface area contributed by atoms with E-state index in [4.69, 9.17) is 21.3 Å². The van der Waals surface area contributed by atoms with E-state index in [1.807, 2.05) is 6.07 Å². The zero-order valence-corrected chi connectivity index (χ0v) is 10.2. The van der Waals surface area contributed by atoms with Crippen LogP contribution in [0.3, 0.4) is 0 Å². The molecule has 0 fully saturated rings. The molecule has 0 aliphatic heterocycles. The van der Waals surface area contributed by atoms with E-state index in [0.29, 0.717) is 18.8 Å². The highest BCUT2D eigenvalue weighted by molar-refractivity contribution is 6.30. The summed E-state index contributed by atoms with van der Waals surface area (Å²) in [6.45, 7) is 1.04. The molecule has 0 bridgehead atoms. The van der Waals surface area contributed by atoms with Crippen LogP contribution in [0.4, 0.5) is 4.39 Å². The molecule has 1 aromatic heterocycles. The number of halogens is 2. The Balaban J connectivity index is 1.88. The van der Waals surface area contributed by atoms with Gasteiger partial charge in [-0.1, -0.05) is 17.7 Å². The van der Waals surface area contributed by atoms with Crippen LogP contribution in [0.15, 0.2) is 34.7 Å². The van der Waals surface area contributed by atoms with Crippen molar-refractivity contribution in [2.45, 2.75) is 13.1 Å². The fraction of sp³-hybridized carbons (Fsp3) is 0.154. The summed E-state index contributed by atoms with van der Waals surface area (Å²) in [5.74, 6) is 0.543. The maximum Gasteiger partial charge on any atom is 0.203 e. The highest BCUT2D eigenvalue weighted by Crippen LogP contribution is 2.16. The molecule has 0 amide bonds. The Kier molecular flexibility index (Phi) is 3.98. The SMILES string of the molecule is N#Cc1ccc(CNCc2ccc(F)c(Cl)c2)o1. The number of hydrogen-bond acceptors (Lipinski definition) is 3. The lowest BCUT2D eigenvalue weighted by Gasteiger charge is -2.04. The van der Waals surface area contributed by atoms with Gasteiger partial charge >= 0.3 is 0 Å². The van der Waals surface area contributed by atoms with Gasteiger partial charge in [-0.25, -0.2) is 4.39 Å². The van der Waals surface area contributed by atoms with E-state index in [-0.39, 0.29) is 10.8 Å². The minimum atomic E-state index is -0.426. The lowest BCUT2D eigenvalue weighted by Crippen LogP contribution is -2.12. The molecule has 1 heterocycles. The third-order valence-electron chi connectivity index (χ3n) is 2.38. The summed E-state index contributed by atoms with van der Waals surface area (Å²) in [6, 6.07) is 9.84. The highest BCUT2D eigenvalue weighted by Gasteiger charge is 2.02. The molecule has 5 heteroatoms. The van der Waals surface area contributed by atoms with E-state index in [2.05, 4.69) is 5.32 Å². The number of hydrogen-bond donors (Lipinski definition) is 1. The van der Waals surface area contributed by atoms with Crippen molar-refractivity contribution >= 4 is 11.6 Å². The number of nitrogens with zero attached hydrogens (tertiary/aromatic N) is 1. The predicted molar refractivity (Wildman–Crippen MR) is 65.4 cm³/mol. The van der Waals surface area contributed by atoms with E-state index >= 15 is 0 Å². The highest BCUT2D eigenvalue weighted by atomic mass is 35.5. The maximum absolute atomic E-state index is 12.9. The van der Waals surface area contributed by atoms with Crippen molar-refractivity contribution in [1.82, 2.24) is 5.32 Å². The van der Waals surface area contributed by atoms with Crippen LogP contribution in [0.1, 0.15) is 17.1 Å². The van der Waals surface area contributed by atoms with E-state index < -0.39 is 5.82 Å². The Labute approximate surface area is 109 Å². The largest absolute Gasteiger partial charge is 0.449 e. The zero-order valence-electron chi connectivity index (χ0n) is 9.41. The monoisotopic (exact) mass is 264 g/mol. The second-order valence-electron chi connectivity index (χ2n) is 3.73. The molecule has 2 aromatic rings. The molecule has 0 saturated heterocycles. The van der Waals surface area contributed by atoms with Crippen LogP contribution in [-0.2, 0) is 13.1 Å². The molecule has 0 saturated carbocycles. The second kappa shape index (κ2) is 5.67. The van der Waals surface area contributed by atoms with Gasteiger partial charge in [-0.15, -0.1) is 0 Å². The minimum absolute atomic E-state index is 0.110. The van der Waals surface area contributed by atoms with Gasteiger partial charge in [0.15, 0.2) is 0 Å². The van der Waals surface area contributed by atoms with Crippen molar-refractivity contribution in [3.8, 4) is 6.07 Å². The number of furan rings is 1. The Morgan fingerprint density at radius 1 is 1.28 bits per heavy atom. The second-order valence-corrected chi connectivity index (χ2v) is 4.14. The van der Waals surface area contributed by atoms with Crippen LogP contribution < -0.4 is 5.32 Å². The molecular formula is C13H10ClFN2O.